The second kappa shape index (κ2) is 9.65. The molecule has 8 nitrogen and oxygen atoms in total. The molecule has 1 aromatic carbocycles. The first-order valence-corrected chi connectivity index (χ1v) is 13.3. The van der Waals surface area contributed by atoms with Crippen molar-refractivity contribution in [2.75, 3.05) is 31.1 Å². The molecule has 1 saturated heterocycles. The van der Waals surface area contributed by atoms with Gasteiger partial charge in [-0.2, -0.15) is 8.68 Å². The summed E-state index contributed by atoms with van der Waals surface area (Å²) in [6, 6.07) is 11.7. The molecule has 0 unspecified atom stereocenters. The highest BCUT2D eigenvalue weighted by atomic mass is 32.2. The molecule has 0 aliphatic carbocycles. The molecule has 170 valence electrons. The standard InChI is InChI=1S/C21H25N5O3S3/c1-15-3-5-17(6-4-15)13-19-23-21(31-24-19)25-9-11-26(12-10-25)32(28,29)20-8-7-18(30-20)14-22-16(2)27/h3-8H,9-14H2,1-2H3,(H,22,27). The Bertz CT molecular complexity index is 1180. The van der Waals surface area contributed by atoms with Gasteiger partial charge in [-0.05, 0) is 24.6 Å². The van der Waals surface area contributed by atoms with Crippen LogP contribution in [0.4, 0.5) is 5.13 Å². The molecule has 1 N–H and O–H groups in total. The van der Waals surface area contributed by atoms with E-state index in [1.165, 1.54) is 45.2 Å². The number of piperazine rings is 1. The number of carbonyl (C=O) groups is 1. The molecule has 3 aromatic rings. The second-order valence-corrected chi connectivity index (χ2v) is 11.7. The monoisotopic (exact) mass is 491 g/mol. The largest absolute Gasteiger partial charge is 0.351 e. The molecule has 3 heterocycles. The van der Waals surface area contributed by atoms with Crippen LogP contribution in [0.25, 0.3) is 0 Å². The first-order valence-electron chi connectivity index (χ1n) is 10.3. The third-order valence-electron chi connectivity index (χ3n) is 5.19. The molecule has 1 aliphatic heterocycles. The zero-order chi connectivity index (χ0) is 22.7. The van der Waals surface area contributed by atoms with E-state index in [2.05, 4.69) is 50.8 Å². The van der Waals surface area contributed by atoms with Crippen molar-refractivity contribution in [1.82, 2.24) is 19.0 Å². The minimum atomic E-state index is -3.54. The summed E-state index contributed by atoms with van der Waals surface area (Å²) in [4.78, 5) is 18.7. The van der Waals surface area contributed by atoms with Gasteiger partial charge in [0.1, 0.15) is 10.0 Å². The van der Waals surface area contributed by atoms with Gasteiger partial charge in [0.05, 0.1) is 6.54 Å². The van der Waals surface area contributed by atoms with Gasteiger partial charge in [-0.1, -0.05) is 29.8 Å². The Hall–Kier alpha value is -2.34. The van der Waals surface area contributed by atoms with Gasteiger partial charge in [-0.25, -0.2) is 13.4 Å². The molecular weight excluding hydrogens is 466 g/mol. The number of hydrogen-bond donors (Lipinski definition) is 1. The second-order valence-electron chi connectivity index (χ2n) is 7.68. The van der Waals surface area contributed by atoms with Gasteiger partial charge < -0.3 is 10.2 Å². The third kappa shape index (κ3) is 5.34. The summed E-state index contributed by atoms with van der Waals surface area (Å²) in [6.07, 6.45) is 0.685. The highest BCUT2D eigenvalue weighted by molar-refractivity contribution is 7.91. The summed E-state index contributed by atoms with van der Waals surface area (Å²) in [7, 11) is -3.54. The lowest BCUT2D eigenvalue weighted by atomic mass is 10.1. The van der Waals surface area contributed by atoms with Crippen LogP contribution < -0.4 is 10.2 Å². The highest BCUT2D eigenvalue weighted by Crippen LogP contribution is 2.27. The summed E-state index contributed by atoms with van der Waals surface area (Å²) < 4.78 is 32.3. The number of aryl methyl sites for hydroxylation is 1. The molecule has 11 heteroatoms. The van der Waals surface area contributed by atoms with Crippen molar-refractivity contribution in [2.45, 2.75) is 31.0 Å². The number of nitrogens with one attached hydrogen (secondary N) is 1. The van der Waals surface area contributed by atoms with Crippen LogP contribution in [0.1, 0.15) is 28.8 Å². The molecule has 2 aromatic heterocycles. The van der Waals surface area contributed by atoms with Crippen LogP contribution in [-0.4, -0.2) is 54.2 Å². The third-order valence-corrected chi connectivity index (χ3v) is 9.46. The van der Waals surface area contributed by atoms with Gasteiger partial charge in [-0.15, -0.1) is 11.3 Å². The fourth-order valence-electron chi connectivity index (χ4n) is 3.38. The number of hydrogen-bond acceptors (Lipinski definition) is 8. The maximum Gasteiger partial charge on any atom is 0.252 e. The SMILES string of the molecule is CC(=O)NCc1ccc(S(=O)(=O)N2CCN(c3nc(Cc4ccc(C)cc4)ns3)CC2)s1. The molecule has 0 atom stereocenters. The normalized spacial score (nSPS) is 15.1. The van der Waals surface area contributed by atoms with E-state index in [0.717, 1.165) is 15.8 Å². The van der Waals surface area contributed by atoms with Gasteiger partial charge in [0.25, 0.3) is 10.0 Å². The topological polar surface area (TPSA) is 95.5 Å². The molecule has 32 heavy (non-hydrogen) atoms. The van der Waals surface area contributed by atoms with Crippen molar-refractivity contribution >= 4 is 43.9 Å². The number of thiophene rings is 1. The lowest BCUT2D eigenvalue weighted by Gasteiger charge is -2.33. The van der Waals surface area contributed by atoms with E-state index in [0.29, 0.717) is 43.4 Å². The van der Waals surface area contributed by atoms with Crippen LogP contribution >= 0.6 is 22.9 Å². The fraction of sp³-hybridized carbons (Fsp3) is 0.381. The predicted octanol–water partition coefficient (Wildman–Crippen LogP) is 2.65. The predicted molar refractivity (Wildman–Crippen MR) is 127 cm³/mol. The number of rotatable bonds is 7. The first-order chi connectivity index (χ1) is 15.3. The van der Waals surface area contributed by atoms with Crippen LogP contribution in [0, 0.1) is 6.92 Å². The quantitative estimate of drug-likeness (QED) is 0.546. The van der Waals surface area contributed by atoms with Crippen molar-refractivity contribution in [3.63, 3.8) is 0 Å². The Kier molecular flexibility index (Phi) is 6.89. The molecule has 0 radical (unpaired) electrons. The van der Waals surface area contributed by atoms with Gasteiger partial charge in [-0.3, -0.25) is 4.79 Å². The lowest BCUT2D eigenvalue weighted by Crippen LogP contribution is -2.48. The Morgan fingerprint density at radius 3 is 2.50 bits per heavy atom. The van der Waals surface area contributed by atoms with Crippen LogP contribution in [0.3, 0.4) is 0 Å². The zero-order valence-electron chi connectivity index (χ0n) is 17.9. The van der Waals surface area contributed by atoms with Gasteiger partial charge in [0.15, 0.2) is 0 Å². The van der Waals surface area contributed by atoms with Crippen molar-refractivity contribution in [3.05, 3.63) is 58.2 Å². The first kappa shape index (κ1) is 22.8. The summed E-state index contributed by atoms with van der Waals surface area (Å²) in [5.41, 5.74) is 2.39. The summed E-state index contributed by atoms with van der Waals surface area (Å²) in [6.45, 7) is 5.78. The number of benzene rings is 1. The maximum absolute atomic E-state index is 13.0. The molecule has 1 fully saturated rings. The minimum Gasteiger partial charge on any atom is -0.351 e. The number of nitrogens with zero attached hydrogens (tertiary/aromatic N) is 4. The molecular formula is C21H25N5O3S3. The van der Waals surface area contributed by atoms with Crippen LogP contribution in [0.2, 0.25) is 0 Å². The molecule has 0 spiro atoms. The van der Waals surface area contributed by atoms with Crippen molar-refractivity contribution in [1.29, 1.82) is 0 Å². The van der Waals surface area contributed by atoms with E-state index in [-0.39, 0.29) is 5.91 Å². The smallest absolute Gasteiger partial charge is 0.252 e. The molecule has 1 aliphatic rings. The minimum absolute atomic E-state index is 0.141. The van der Waals surface area contributed by atoms with Crippen LogP contribution in [0.5, 0.6) is 0 Å². The van der Waals surface area contributed by atoms with E-state index >= 15 is 0 Å². The average molecular weight is 492 g/mol. The summed E-state index contributed by atoms with van der Waals surface area (Å²) in [5.74, 6) is 0.645. The van der Waals surface area contributed by atoms with Gasteiger partial charge in [0, 0.05) is 55.9 Å². The van der Waals surface area contributed by atoms with E-state index in [1.807, 2.05) is 0 Å². The zero-order valence-corrected chi connectivity index (χ0v) is 20.4. The Morgan fingerprint density at radius 2 is 1.81 bits per heavy atom. The maximum atomic E-state index is 13.0. The summed E-state index contributed by atoms with van der Waals surface area (Å²) in [5, 5.41) is 3.53. The Balaban J connectivity index is 1.35. The number of anilines is 1. The van der Waals surface area contributed by atoms with E-state index < -0.39 is 10.0 Å². The van der Waals surface area contributed by atoms with E-state index in [1.54, 1.807) is 12.1 Å². The number of sulfonamides is 1. The Labute approximate surface area is 196 Å². The van der Waals surface area contributed by atoms with Gasteiger partial charge in [0.2, 0.25) is 11.0 Å². The van der Waals surface area contributed by atoms with Gasteiger partial charge >= 0.3 is 0 Å². The fourth-order valence-corrected chi connectivity index (χ4v) is 6.99. The number of aromatic nitrogens is 2. The number of amides is 1. The molecule has 1 amide bonds. The lowest BCUT2D eigenvalue weighted by molar-refractivity contribution is -0.119. The van der Waals surface area contributed by atoms with Crippen molar-refractivity contribution in [3.8, 4) is 0 Å². The van der Waals surface area contributed by atoms with Crippen LogP contribution in [0.15, 0.2) is 40.6 Å². The van der Waals surface area contributed by atoms with Crippen molar-refractivity contribution in [2.24, 2.45) is 0 Å². The van der Waals surface area contributed by atoms with Crippen LogP contribution in [-0.2, 0) is 27.8 Å². The van der Waals surface area contributed by atoms with E-state index in [4.69, 9.17) is 0 Å². The molecule has 0 bridgehead atoms. The Morgan fingerprint density at radius 1 is 1.09 bits per heavy atom. The molecule has 4 rings (SSSR count). The number of carbonyl (C=O) groups excluding carboxylic acids is 1. The average Bonchev–Trinajstić information content (AvgIpc) is 3.44. The highest BCUT2D eigenvalue weighted by Gasteiger charge is 2.30. The van der Waals surface area contributed by atoms with E-state index in [9.17, 15) is 13.2 Å². The summed E-state index contributed by atoms with van der Waals surface area (Å²) >= 11 is 2.56. The van der Waals surface area contributed by atoms with Crippen molar-refractivity contribution < 1.29 is 13.2 Å². The molecule has 0 saturated carbocycles.